The van der Waals surface area contributed by atoms with E-state index in [1.54, 1.807) is 24.3 Å². The molecule has 1 rings (SSSR count). The van der Waals surface area contributed by atoms with Gasteiger partial charge in [-0.2, -0.15) is 8.42 Å². The van der Waals surface area contributed by atoms with Crippen LogP contribution < -0.4 is 4.18 Å². The summed E-state index contributed by atoms with van der Waals surface area (Å²) in [6, 6.07) is 8.72. The van der Waals surface area contributed by atoms with Crippen LogP contribution >= 0.6 is 0 Å². The summed E-state index contributed by atoms with van der Waals surface area (Å²) in [7, 11) is -3.45. The van der Waals surface area contributed by atoms with E-state index in [2.05, 4.69) is 6.92 Å². The first kappa shape index (κ1) is 25.0. The van der Waals surface area contributed by atoms with Crippen molar-refractivity contribution in [3.8, 4) is 5.75 Å². The van der Waals surface area contributed by atoms with Gasteiger partial charge in [-0.1, -0.05) is 95.8 Å². The third kappa shape index (κ3) is 14.8. The van der Waals surface area contributed by atoms with E-state index in [0.29, 0.717) is 12.2 Å². The molecule has 0 aliphatic heterocycles. The van der Waals surface area contributed by atoms with E-state index in [-0.39, 0.29) is 35.3 Å². The van der Waals surface area contributed by atoms with E-state index in [9.17, 15) is 8.42 Å². The zero-order valence-corrected chi connectivity index (χ0v) is 16.0. The molecule has 5 heteroatoms. The molecule has 140 valence electrons. The van der Waals surface area contributed by atoms with Crippen LogP contribution in [0.15, 0.2) is 30.3 Å². The Hall–Kier alpha value is -0.0300. The maximum absolute atomic E-state index is 11.9. The van der Waals surface area contributed by atoms with Crippen molar-refractivity contribution in [3.05, 3.63) is 30.3 Å². The molecule has 1 aromatic rings. The molecule has 0 spiro atoms. The quantitative estimate of drug-likeness (QED) is 0.232. The Morgan fingerprint density at radius 1 is 0.720 bits per heavy atom. The summed E-state index contributed by atoms with van der Waals surface area (Å²) in [4.78, 5) is 0. The van der Waals surface area contributed by atoms with Crippen molar-refractivity contribution >= 4 is 39.7 Å². The SMILES string of the molecule is CCCCCCCCCCCCCCS(=O)(=O)Oc1ccccc1.[NaH]. The van der Waals surface area contributed by atoms with Crippen LogP contribution in [-0.2, 0) is 10.1 Å². The van der Waals surface area contributed by atoms with Gasteiger partial charge < -0.3 is 4.18 Å². The van der Waals surface area contributed by atoms with Crippen LogP contribution in [0.4, 0.5) is 0 Å². The van der Waals surface area contributed by atoms with Gasteiger partial charge in [-0.3, -0.25) is 0 Å². The summed E-state index contributed by atoms with van der Waals surface area (Å²) in [5.74, 6) is 0.510. The maximum atomic E-state index is 11.9. The minimum absolute atomic E-state index is 0. The Morgan fingerprint density at radius 3 is 1.64 bits per heavy atom. The van der Waals surface area contributed by atoms with Gasteiger partial charge in [0.05, 0.1) is 5.75 Å². The second-order valence-corrected chi connectivity index (χ2v) is 8.24. The van der Waals surface area contributed by atoms with Gasteiger partial charge in [0.2, 0.25) is 0 Å². The summed E-state index contributed by atoms with van der Waals surface area (Å²) >= 11 is 0. The number of unbranched alkanes of at least 4 members (excludes halogenated alkanes) is 11. The second kappa shape index (κ2) is 16.2. The van der Waals surface area contributed by atoms with Crippen molar-refractivity contribution < 1.29 is 12.6 Å². The molecule has 0 aliphatic carbocycles. The number of hydrogen-bond donors (Lipinski definition) is 0. The molecule has 0 saturated heterocycles. The van der Waals surface area contributed by atoms with Gasteiger partial charge in [0.25, 0.3) is 0 Å². The Bertz CT molecular complexity index is 503. The number of benzene rings is 1. The fraction of sp³-hybridized carbons (Fsp3) is 0.700. The molecule has 0 aliphatic rings. The molecule has 0 amide bonds. The molecular weight excluding hydrogens is 343 g/mol. The Kier molecular flexibility index (Phi) is 16.1. The van der Waals surface area contributed by atoms with Crippen LogP contribution in [0.1, 0.15) is 84.0 Å². The predicted octanol–water partition coefficient (Wildman–Crippen LogP) is 5.45. The topological polar surface area (TPSA) is 43.4 Å². The van der Waals surface area contributed by atoms with E-state index >= 15 is 0 Å². The van der Waals surface area contributed by atoms with Crippen LogP contribution in [0.3, 0.4) is 0 Å². The van der Waals surface area contributed by atoms with Crippen molar-refractivity contribution in [2.24, 2.45) is 0 Å². The average molecular weight is 379 g/mol. The minimum atomic E-state index is -3.45. The van der Waals surface area contributed by atoms with Gasteiger partial charge in [0.1, 0.15) is 5.75 Å². The molecule has 0 radical (unpaired) electrons. The Morgan fingerprint density at radius 2 is 1.16 bits per heavy atom. The van der Waals surface area contributed by atoms with Crippen LogP contribution in [0, 0.1) is 0 Å². The number of para-hydroxylation sites is 1. The molecule has 0 heterocycles. The van der Waals surface area contributed by atoms with Gasteiger partial charge in [-0.15, -0.1) is 0 Å². The van der Waals surface area contributed by atoms with Crippen LogP contribution in [0.25, 0.3) is 0 Å². The predicted molar refractivity (Wildman–Crippen MR) is 109 cm³/mol. The molecule has 1 aromatic carbocycles. The van der Waals surface area contributed by atoms with E-state index in [4.69, 9.17) is 4.18 Å². The van der Waals surface area contributed by atoms with Crippen molar-refractivity contribution in [3.63, 3.8) is 0 Å². The van der Waals surface area contributed by atoms with Crippen molar-refractivity contribution in [2.45, 2.75) is 84.0 Å². The third-order valence-corrected chi connectivity index (χ3v) is 5.45. The first-order valence-corrected chi connectivity index (χ1v) is 11.2. The third-order valence-electron chi connectivity index (χ3n) is 4.21. The van der Waals surface area contributed by atoms with Crippen molar-refractivity contribution in [2.75, 3.05) is 5.75 Å². The summed E-state index contributed by atoms with van der Waals surface area (Å²) in [6.45, 7) is 2.25. The second-order valence-electron chi connectivity index (χ2n) is 6.55. The average Bonchev–Trinajstić information content (AvgIpc) is 2.56. The van der Waals surface area contributed by atoms with Gasteiger partial charge >= 0.3 is 39.7 Å². The van der Waals surface area contributed by atoms with Gasteiger partial charge in [-0.25, -0.2) is 0 Å². The summed E-state index contributed by atoms with van der Waals surface area (Å²) in [5.41, 5.74) is 0. The van der Waals surface area contributed by atoms with E-state index in [0.717, 1.165) is 12.8 Å². The number of rotatable bonds is 15. The molecule has 25 heavy (non-hydrogen) atoms. The van der Waals surface area contributed by atoms with Crippen molar-refractivity contribution in [1.82, 2.24) is 0 Å². The molecule has 0 fully saturated rings. The summed E-state index contributed by atoms with van der Waals surface area (Å²) < 4.78 is 28.8. The summed E-state index contributed by atoms with van der Waals surface area (Å²) in [6.07, 6.45) is 14.8. The van der Waals surface area contributed by atoms with Gasteiger partial charge in [0.15, 0.2) is 0 Å². The molecule has 3 nitrogen and oxygen atoms in total. The van der Waals surface area contributed by atoms with Crippen LogP contribution in [0.5, 0.6) is 5.75 Å². The van der Waals surface area contributed by atoms with E-state index in [1.165, 1.54) is 57.8 Å². The van der Waals surface area contributed by atoms with E-state index in [1.807, 2.05) is 6.07 Å². The zero-order chi connectivity index (χ0) is 17.5. The van der Waals surface area contributed by atoms with Gasteiger partial charge in [-0.05, 0) is 18.6 Å². The molecule has 0 atom stereocenters. The monoisotopic (exact) mass is 378 g/mol. The molecule has 0 aromatic heterocycles. The van der Waals surface area contributed by atoms with Crippen molar-refractivity contribution in [1.29, 1.82) is 0 Å². The Labute approximate surface area is 177 Å². The standard InChI is InChI=1S/C20H34O3S.Na.H/c1-2-3-4-5-6-7-8-9-10-11-12-16-19-24(21,22)23-20-17-14-13-15-18-20;;/h13-15,17-18H,2-12,16,19H2,1H3;;. The fourth-order valence-corrected chi connectivity index (χ4v) is 3.83. The molecule has 0 saturated carbocycles. The molecular formula is C20H35NaO3S. The summed E-state index contributed by atoms with van der Waals surface area (Å²) in [5, 5.41) is 0. The zero-order valence-electron chi connectivity index (χ0n) is 15.2. The van der Waals surface area contributed by atoms with Gasteiger partial charge in [0, 0.05) is 0 Å². The fourth-order valence-electron chi connectivity index (χ4n) is 2.78. The molecule has 0 N–H and O–H groups in total. The first-order chi connectivity index (χ1) is 11.6. The normalized spacial score (nSPS) is 11.1. The molecule has 0 unspecified atom stereocenters. The number of hydrogen-bond acceptors (Lipinski definition) is 3. The van der Waals surface area contributed by atoms with Crippen LogP contribution in [0.2, 0.25) is 0 Å². The molecule has 0 bridgehead atoms. The van der Waals surface area contributed by atoms with E-state index < -0.39 is 10.1 Å². The van der Waals surface area contributed by atoms with Crippen LogP contribution in [-0.4, -0.2) is 43.7 Å². The Balaban J connectivity index is 0.00000576. The first-order valence-electron chi connectivity index (χ1n) is 9.61.